The van der Waals surface area contributed by atoms with E-state index in [1.54, 1.807) is 24.3 Å². The Morgan fingerprint density at radius 2 is 1.58 bits per heavy atom. The number of hydrogen-bond acceptors (Lipinski definition) is 6. The van der Waals surface area contributed by atoms with Gasteiger partial charge in [0.15, 0.2) is 16.6 Å². The highest BCUT2D eigenvalue weighted by molar-refractivity contribution is 7.80. The predicted octanol–water partition coefficient (Wildman–Crippen LogP) is 3.08. The first-order chi connectivity index (χ1) is 15.0. The number of carbonyl (C=O) groups is 2. The minimum absolute atomic E-state index is 0.0562. The maximum absolute atomic E-state index is 12.8. The minimum Gasteiger partial charge on any atom is -0.493 e. The topological polar surface area (TPSA) is 89.1 Å². The van der Waals surface area contributed by atoms with E-state index < -0.39 is 5.91 Å². The Morgan fingerprint density at radius 1 is 0.968 bits per heavy atom. The molecule has 2 N–H and O–H groups in total. The highest BCUT2D eigenvalue weighted by Crippen LogP contribution is 2.38. The molecule has 2 aromatic carbocycles. The van der Waals surface area contributed by atoms with E-state index >= 15 is 0 Å². The van der Waals surface area contributed by atoms with E-state index in [1.165, 1.54) is 33.5 Å². The Bertz CT molecular complexity index is 964. The average Bonchev–Trinajstić information content (AvgIpc) is 3.32. The standard InChI is InChI=1S/C22H25N3O5S/c1-28-17-12-14(13-18(29-2)19(17)30-3)20(26)24-22(31)23-16-9-5-4-8-15(16)21(27)25-10-6-7-11-25/h4-5,8-9,12-13H,6-7,10-11H2,1-3H3,(H2,23,24,26,31). The highest BCUT2D eigenvalue weighted by atomic mass is 32.1. The second-order valence-electron chi connectivity index (χ2n) is 6.87. The zero-order valence-electron chi connectivity index (χ0n) is 17.7. The van der Waals surface area contributed by atoms with Crippen molar-refractivity contribution < 1.29 is 23.8 Å². The number of likely N-dealkylation sites (tertiary alicyclic amines) is 1. The quantitative estimate of drug-likeness (QED) is 0.663. The van der Waals surface area contributed by atoms with Gasteiger partial charge in [0, 0.05) is 18.7 Å². The number of anilines is 1. The van der Waals surface area contributed by atoms with Crippen LogP contribution in [0.5, 0.6) is 17.2 Å². The highest BCUT2D eigenvalue weighted by Gasteiger charge is 2.22. The molecule has 0 radical (unpaired) electrons. The Kier molecular flexibility index (Phi) is 7.30. The van der Waals surface area contributed by atoms with E-state index in [0.717, 1.165) is 25.9 Å². The molecule has 2 aromatic rings. The Balaban J connectivity index is 1.75. The van der Waals surface area contributed by atoms with Crippen molar-refractivity contribution in [1.82, 2.24) is 10.2 Å². The number of carbonyl (C=O) groups excluding carboxylic acids is 2. The Morgan fingerprint density at radius 3 is 2.16 bits per heavy atom. The van der Waals surface area contributed by atoms with Crippen LogP contribution in [0.1, 0.15) is 33.6 Å². The molecule has 1 fully saturated rings. The number of nitrogens with one attached hydrogen (secondary N) is 2. The molecule has 0 spiro atoms. The molecule has 0 aliphatic carbocycles. The average molecular weight is 444 g/mol. The summed E-state index contributed by atoms with van der Waals surface area (Å²) in [5.74, 6) is 0.580. The van der Waals surface area contributed by atoms with Crippen molar-refractivity contribution in [3.63, 3.8) is 0 Å². The molecular weight excluding hydrogens is 418 g/mol. The number of para-hydroxylation sites is 1. The van der Waals surface area contributed by atoms with Gasteiger partial charge in [-0.25, -0.2) is 0 Å². The summed E-state index contributed by atoms with van der Waals surface area (Å²) < 4.78 is 15.8. The van der Waals surface area contributed by atoms with Crippen molar-refractivity contribution in [3.05, 3.63) is 47.5 Å². The first-order valence-electron chi connectivity index (χ1n) is 9.79. The smallest absolute Gasteiger partial charge is 0.257 e. The van der Waals surface area contributed by atoms with E-state index in [1.807, 2.05) is 4.90 Å². The number of ether oxygens (including phenoxy) is 3. The zero-order chi connectivity index (χ0) is 22.4. The molecule has 31 heavy (non-hydrogen) atoms. The fraction of sp³-hybridized carbons (Fsp3) is 0.318. The van der Waals surface area contributed by atoms with Crippen LogP contribution < -0.4 is 24.8 Å². The van der Waals surface area contributed by atoms with Crippen LogP contribution in [0.2, 0.25) is 0 Å². The Hall–Kier alpha value is -3.33. The van der Waals surface area contributed by atoms with E-state index in [0.29, 0.717) is 28.5 Å². The molecule has 1 aliphatic heterocycles. The Labute approximate surface area is 186 Å². The van der Waals surface area contributed by atoms with Crippen molar-refractivity contribution >= 4 is 34.8 Å². The van der Waals surface area contributed by atoms with E-state index in [9.17, 15) is 9.59 Å². The summed E-state index contributed by atoms with van der Waals surface area (Å²) in [6, 6.07) is 10.2. The molecule has 0 atom stereocenters. The predicted molar refractivity (Wildman–Crippen MR) is 121 cm³/mol. The molecule has 1 aliphatic rings. The summed E-state index contributed by atoms with van der Waals surface area (Å²) in [7, 11) is 4.43. The molecule has 164 valence electrons. The van der Waals surface area contributed by atoms with Crippen LogP contribution in [-0.2, 0) is 0 Å². The SMILES string of the molecule is COc1cc(C(=O)NC(=S)Nc2ccccc2C(=O)N2CCCC2)cc(OC)c1OC. The molecule has 1 heterocycles. The van der Waals surface area contributed by atoms with Gasteiger partial charge in [-0.2, -0.15) is 0 Å². The van der Waals surface area contributed by atoms with E-state index in [-0.39, 0.29) is 16.6 Å². The lowest BCUT2D eigenvalue weighted by Gasteiger charge is -2.19. The summed E-state index contributed by atoms with van der Waals surface area (Å²) in [5, 5.41) is 5.66. The van der Waals surface area contributed by atoms with Crippen LogP contribution in [0.15, 0.2) is 36.4 Å². The maximum atomic E-state index is 12.8. The van der Waals surface area contributed by atoms with Gasteiger partial charge in [-0.15, -0.1) is 0 Å². The molecular formula is C22H25N3O5S. The van der Waals surface area contributed by atoms with Crippen LogP contribution in [0.3, 0.4) is 0 Å². The largest absolute Gasteiger partial charge is 0.493 e. The molecule has 3 rings (SSSR count). The van der Waals surface area contributed by atoms with Crippen molar-refractivity contribution in [2.45, 2.75) is 12.8 Å². The second-order valence-corrected chi connectivity index (χ2v) is 7.28. The lowest BCUT2D eigenvalue weighted by Crippen LogP contribution is -2.35. The van der Waals surface area contributed by atoms with Gasteiger partial charge in [0.1, 0.15) is 0 Å². The summed E-state index contributed by atoms with van der Waals surface area (Å²) in [5.41, 5.74) is 1.32. The van der Waals surface area contributed by atoms with Crippen molar-refractivity contribution in [1.29, 1.82) is 0 Å². The maximum Gasteiger partial charge on any atom is 0.257 e. The summed E-state index contributed by atoms with van der Waals surface area (Å²) in [6.45, 7) is 1.49. The first kappa shape index (κ1) is 22.4. The van der Waals surface area contributed by atoms with Gasteiger partial charge in [0.25, 0.3) is 11.8 Å². The third kappa shape index (κ3) is 5.05. The number of rotatable bonds is 6. The van der Waals surface area contributed by atoms with E-state index in [4.69, 9.17) is 26.4 Å². The van der Waals surface area contributed by atoms with Gasteiger partial charge in [0.2, 0.25) is 5.75 Å². The fourth-order valence-corrected chi connectivity index (χ4v) is 3.61. The van der Waals surface area contributed by atoms with Gasteiger partial charge in [-0.1, -0.05) is 12.1 Å². The van der Waals surface area contributed by atoms with Gasteiger partial charge in [0.05, 0.1) is 32.6 Å². The number of hydrogen-bond donors (Lipinski definition) is 2. The summed E-state index contributed by atoms with van der Waals surface area (Å²) in [4.78, 5) is 27.4. The second kappa shape index (κ2) is 10.1. The van der Waals surface area contributed by atoms with Crippen LogP contribution in [-0.4, -0.2) is 56.2 Å². The van der Waals surface area contributed by atoms with Crippen molar-refractivity contribution in [3.8, 4) is 17.2 Å². The molecule has 0 saturated carbocycles. The number of benzene rings is 2. The minimum atomic E-state index is -0.458. The van der Waals surface area contributed by atoms with Gasteiger partial charge in [-0.3, -0.25) is 14.9 Å². The number of nitrogens with zero attached hydrogens (tertiary/aromatic N) is 1. The number of methoxy groups -OCH3 is 3. The van der Waals surface area contributed by atoms with Crippen LogP contribution >= 0.6 is 12.2 Å². The summed E-state index contributed by atoms with van der Waals surface area (Å²) >= 11 is 5.31. The molecule has 9 heteroatoms. The van der Waals surface area contributed by atoms with E-state index in [2.05, 4.69) is 10.6 Å². The van der Waals surface area contributed by atoms with Crippen LogP contribution in [0.4, 0.5) is 5.69 Å². The third-order valence-corrected chi connectivity index (χ3v) is 5.16. The normalized spacial score (nSPS) is 12.8. The first-order valence-corrected chi connectivity index (χ1v) is 10.2. The zero-order valence-corrected chi connectivity index (χ0v) is 18.5. The molecule has 1 saturated heterocycles. The lowest BCUT2D eigenvalue weighted by molar-refractivity contribution is 0.0793. The molecule has 8 nitrogen and oxygen atoms in total. The number of thiocarbonyl (C=S) groups is 1. The van der Waals surface area contributed by atoms with Gasteiger partial charge >= 0.3 is 0 Å². The van der Waals surface area contributed by atoms with Crippen molar-refractivity contribution in [2.75, 3.05) is 39.7 Å². The molecule has 0 bridgehead atoms. The van der Waals surface area contributed by atoms with Gasteiger partial charge in [-0.05, 0) is 49.3 Å². The fourth-order valence-electron chi connectivity index (χ4n) is 3.41. The molecule has 0 aromatic heterocycles. The number of amides is 2. The van der Waals surface area contributed by atoms with Crippen molar-refractivity contribution in [2.24, 2.45) is 0 Å². The molecule has 0 unspecified atom stereocenters. The monoisotopic (exact) mass is 443 g/mol. The lowest BCUT2D eigenvalue weighted by atomic mass is 10.1. The molecule has 2 amide bonds. The van der Waals surface area contributed by atoms with Gasteiger partial charge < -0.3 is 24.4 Å². The summed E-state index contributed by atoms with van der Waals surface area (Å²) in [6.07, 6.45) is 2.01. The van der Waals surface area contributed by atoms with Crippen LogP contribution in [0.25, 0.3) is 0 Å². The third-order valence-electron chi connectivity index (χ3n) is 4.95. The van der Waals surface area contributed by atoms with Crippen LogP contribution in [0, 0.1) is 0 Å².